The summed E-state index contributed by atoms with van der Waals surface area (Å²) in [6.45, 7) is 0. The van der Waals surface area contributed by atoms with Crippen molar-refractivity contribution >= 4 is 35.1 Å². The molecule has 0 aliphatic carbocycles. The van der Waals surface area contributed by atoms with Crippen LogP contribution in [0.15, 0.2) is 0 Å². The van der Waals surface area contributed by atoms with Gasteiger partial charge in [-0.3, -0.25) is 0 Å². The van der Waals surface area contributed by atoms with Gasteiger partial charge in [0.05, 0.1) is 0 Å². The van der Waals surface area contributed by atoms with Gasteiger partial charge in [-0.25, -0.2) is 0 Å². The van der Waals surface area contributed by atoms with Crippen molar-refractivity contribution in [2.24, 2.45) is 0 Å². The van der Waals surface area contributed by atoms with Gasteiger partial charge in [0.15, 0.2) is 0 Å². The second-order valence-electron chi connectivity index (χ2n) is 0. The molecule has 0 amide bonds. The number of hydrogen-bond donors (Lipinski definition) is 0. The van der Waals surface area contributed by atoms with Gasteiger partial charge in [0.2, 0.25) is 0 Å². The Hall–Kier alpha value is 1.94. The van der Waals surface area contributed by atoms with Gasteiger partial charge in [0, 0.05) is 33.6 Å². The van der Waals surface area contributed by atoms with Crippen LogP contribution in [-0.4, -0.2) is 35.1 Å². The maximum absolute atomic E-state index is 8.28. The van der Waals surface area contributed by atoms with Crippen LogP contribution in [0.1, 0.15) is 0 Å². The molecule has 0 aliphatic heterocycles. The molecule has 0 aliphatic rings. The van der Waals surface area contributed by atoms with E-state index in [9.17, 15) is 0 Å². The first-order valence-electron chi connectivity index (χ1n) is 0.289. The molecule has 0 bridgehead atoms. The molecule has 0 rings (SSSR count). The zero-order valence-corrected chi connectivity index (χ0v) is 5.08. The van der Waals surface area contributed by atoms with E-state index in [-0.39, 0.29) is 52.4 Å². The summed E-state index contributed by atoms with van der Waals surface area (Å²) in [5, 5.41) is 0. The molecule has 0 unspecified atom stereocenters. The summed E-state index contributed by atoms with van der Waals surface area (Å²) >= 11 is 0.611. The Balaban J connectivity index is -0.00000000167. The summed E-state index contributed by atoms with van der Waals surface area (Å²) in [5.74, 6) is 0. The van der Waals surface area contributed by atoms with Crippen molar-refractivity contribution in [3.8, 4) is 0 Å². The van der Waals surface area contributed by atoms with Crippen LogP contribution in [0.2, 0.25) is 0 Å². The Morgan fingerprint density at radius 3 is 1.20 bits per heavy atom. The van der Waals surface area contributed by atoms with Crippen LogP contribution in [-0.2, 0) is 37.4 Å². The molecule has 0 spiro atoms. The van der Waals surface area contributed by atoms with Gasteiger partial charge >= 0.3 is 38.9 Å². The zero-order chi connectivity index (χ0) is 2.00. The van der Waals surface area contributed by atoms with E-state index in [1.807, 2.05) is 0 Å². The first-order valence-corrected chi connectivity index (χ1v) is 0.866. The van der Waals surface area contributed by atoms with Crippen molar-refractivity contribution in [2.75, 3.05) is 0 Å². The van der Waals surface area contributed by atoms with Crippen molar-refractivity contribution in [1.29, 1.82) is 0 Å². The topological polar surface area (TPSA) is 17.1 Å². The van der Waals surface area contributed by atoms with Gasteiger partial charge in [-0.2, -0.15) is 0 Å². The quantitative estimate of drug-likeness (QED) is 0.412. The molecule has 0 fully saturated rings. The fourth-order valence-corrected chi connectivity index (χ4v) is 0. The maximum atomic E-state index is 8.28. The third-order valence-electron chi connectivity index (χ3n) is 0. The molecule has 0 N–H and O–H groups in total. The Morgan fingerprint density at radius 2 is 1.20 bits per heavy atom. The molecule has 0 saturated carbocycles. The van der Waals surface area contributed by atoms with Crippen LogP contribution in [0.4, 0.5) is 0 Å². The van der Waals surface area contributed by atoms with Crippen molar-refractivity contribution < 1.29 is 37.4 Å². The first kappa shape index (κ1) is 28.3. The summed E-state index contributed by atoms with van der Waals surface area (Å²) < 4.78 is 8.28. The molecular weight excluding hydrogens is 172 g/mol. The average molecular weight is 174 g/mol. The van der Waals surface area contributed by atoms with Crippen LogP contribution in [0.5, 0.6) is 0 Å². The standard InChI is InChI=1S/Al.Cu.Li.Ni.O.2H. The second-order valence-corrected chi connectivity index (χ2v) is 0. The Morgan fingerprint density at radius 1 is 1.20 bits per heavy atom. The fourth-order valence-electron chi connectivity index (χ4n) is 0. The average Bonchev–Trinajstić information content (AvgIpc) is 1.00. The predicted molar refractivity (Wildman–Crippen MR) is 15.0 cm³/mol. The van der Waals surface area contributed by atoms with E-state index in [4.69, 9.17) is 3.80 Å². The Bertz CT molecular complexity index is 11.6. The molecule has 5 heteroatoms. The van der Waals surface area contributed by atoms with Gasteiger partial charge in [-0.1, -0.05) is 0 Å². The fraction of sp³-hybridized carbons (Fsp3) is 0. The second kappa shape index (κ2) is 38.5. The molecule has 1 nitrogen and oxygen atoms in total. The van der Waals surface area contributed by atoms with Gasteiger partial charge in [-0.15, -0.1) is 0 Å². The molecule has 1 radical (unpaired) electrons. The summed E-state index contributed by atoms with van der Waals surface area (Å²) in [5.41, 5.74) is 0. The molecule has 5 heavy (non-hydrogen) atoms. The van der Waals surface area contributed by atoms with Gasteiger partial charge in [0.1, 0.15) is 0 Å². The molecular formula is H2AlCuLiNiO. The minimum atomic E-state index is 0. The minimum absolute atomic E-state index is 0. The molecule has 0 aromatic carbocycles. The van der Waals surface area contributed by atoms with Crippen molar-refractivity contribution in [3.05, 3.63) is 0 Å². The zero-order valence-electron chi connectivity index (χ0n) is 1.73. The van der Waals surface area contributed by atoms with E-state index in [0.29, 0.717) is 16.2 Å². The summed E-state index contributed by atoms with van der Waals surface area (Å²) in [7, 11) is 0. The van der Waals surface area contributed by atoms with Crippen molar-refractivity contribution in [1.82, 2.24) is 0 Å². The predicted octanol–water partition coefficient (Wildman–Crippen LogP) is -1.42. The van der Waals surface area contributed by atoms with E-state index in [1.54, 1.807) is 0 Å². The van der Waals surface area contributed by atoms with Crippen LogP contribution in [0, 0.1) is 0 Å². The summed E-state index contributed by atoms with van der Waals surface area (Å²) in [4.78, 5) is 0. The van der Waals surface area contributed by atoms with Gasteiger partial charge in [-0.05, 0) is 0 Å². The molecule has 33 valence electrons. The number of hydrogen-bond acceptors (Lipinski definition) is 1. The van der Waals surface area contributed by atoms with Crippen LogP contribution < -0.4 is 0 Å². The Kier molecular flexibility index (Phi) is 218. The van der Waals surface area contributed by atoms with E-state index in [1.165, 1.54) is 0 Å². The monoisotopic (exact) mass is 173 g/mol. The van der Waals surface area contributed by atoms with Crippen molar-refractivity contribution in [3.63, 3.8) is 0 Å². The molecule has 0 atom stereocenters. The third-order valence-corrected chi connectivity index (χ3v) is 0. The molecule has 0 heterocycles. The van der Waals surface area contributed by atoms with Crippen molar-refractivity contribution in [2.45, 2.75) is 0 Å². The van der Waals surface area contributed by atoms with E-state index < -0.39 is 0 Å². The van der Waals surface area contributed by atoms with E-state index in [2.05, 4.69) is 0 Å². The molecule has 0 aromatic rings. The van der Waals surface area contributed by atoms with Crippen LogP contribution in [0.25, 0.3) is 0 Å². The van der Waals surface area contributed by atoms with E-state index >= 15 is 0 Å². The SMILES string of the molecule is [Cu].[LiH].[Ni].[O]=[AlH]. The van der Waals surface area contributed by atoms with Gasteiger partial charge in [0.25, 0.3) is 0 Å². The van der Waals surface area contributed by atoms with Crippen LogP contribution >= 0.6 is 0 Å². The van der Waals surface area contributed by atoms with Crippen LogP contribution in [0.3, 0.4) is 0 Å². The Labute approximate surface area is 71.9 Å². The third kappa shape index (κ3) is 24.5. The number of rotatable bonds is 0. The summed E-state index contributed by atoms with van der Waals surface area (Å²) in [6, 6.07) is 0. The molecule has 0 aromatic heterocycles. The summed E-state index contributed by atoms with van der Waals surface area (Å²) in [6.07, 6.45) is 0. The van der Waals surface area contributed by atoms with E-state index in [0.717, 1.165) is 0 Å². The normalized spacial score (nSPS) is 0.600. The molecule has 0 saturated heterocycles. The van der Waals surface area contributed by atoms with Gasteiger partial charge < -0.3 is 0 Å². The first-order chi connectivity index (χ1) is 1.00.